The minimum atomic E-state index is 1.04. The van der Waals surface area contributed by atoms with Crippen molar-refractivity contribution in [3.8, 4) is 0 Å². The summed E-state index contributed by atoms with van der Waals surface area (Å²) in [5, 5.41) is 0. The Morgan fingerprint density at radius 3 is 2.11 bits per heavy atom. The Kier molecular flexibility index (Phi) is 17.1. The Bertz CT molecular complexity index is 253. The highest BCUT2D eigenvalue weighted by atomic mass is 13.9. The Balaban J connectivity index is 0. The molecular weight excluding hydrogens is 216 g/mol. The zero-order valence-electron chi connectivity index (χ0n) is 13.0. The van der Waals surface area contributed by atoms with Crippen LogP contribution in [0.15, 0.2) is 48.6 Å². The molecule has 0 nitrogen and oxygen atoms in total. The summed E-state index contributed by atoms with van der Waals surface area (Å²) >= 11 is 0. The van der Waals surface area contributed by atoms with Gasteiger partial charge in [0, 0.05) is 0 Å². The quantitative estimate of drug-likeness (QED) is 0.423. The monoisotopic (exact) mass is 248 g/mol. The summed E-state index contributed by atoms with van der Waals surface area (Å²) in [6.07, 6.45) is 15.4. The second kappa shape index (κ2) is 16.0. The number of hydrogen-bond acceptors (Lipinski definition) is 0. The highest BCUT2D eigenvalue weighted by molar-refractivity contribution is 5.02. The van der Waals surface area contributed by atoms with Gasteiger partial charge in [0.15, 0.2) is 0 Å². The number of unbranched alkanes of at least 4 members (excludes halogenated alkanes) is 1. The Labute approximate surface area is 115 Å². The van der Waals surface area contributed by atoms with Crippen LogP contribution >= 0.6 is 0 Å². The lowest BCUT2D eigenvalue weighted by Gasteiger charge is -1.98. The van der Waals surface area contributed by atoms with Gasteiger partial charge in [-0.15, -0.1) is 13.2 Å². The lowest BCUT2D eigenvalue weighted by molar-refractivity contribution is 0.906. The molecule has 0 aliphatic rings. The Morgan fingerprint density at radius 1 is 1.06 bits per heavy atom. The van der Waals surface area contributed by atoms with E-state index in [-0.39, 0.29) is 0 Å². The number of hydrogen-bond donors (Lipinski definition) is 0. The van der Waals surface area contributed by atoms with Crippen molar-refractivity contribution in [2.75, 3.05) is 0 Å². The van der Waals surface area contributed by atoms with Crippen LogP contribution in [0.4, 0.5) is 0 Å². The Hall–Kier alpha value is -1.04. The van der Waals surface area contributed by atoms with Gasteiger partial charge in [0.25, 0.3) is 0 Å². The molecule has 0 N–H and O–H groups in total. The first kappa shape index (κ1) is 19.3. The lowest BCUT2D eigenvalue weighted by Crippen LogP contribution is -1.77. The van der Waals surface area contributed by atoms with Gasteiger partial charge in [0.2, 0.25) is 0 Å². The molecule has 0 unspecified atom stereocenters. The molecule has 0 saturated heterocycles. The van der Waals surface area contributed by atoms with Crippen LogP contribution in [-0.4, -0.2) is 0 Å². The maximum Gasteiger partial charge on any atom is -0.0144 e. The third-order valence-electron chi connectivity index (χ3n) is 2.78. The average Bonchev–Trinajstić information content (AvgIpc) is 2.39. The molecule has 104 valence electrons. The molecule has 0 aliphatic heterocycles. The summed E-state index contributed by atoms with van der Waals surface area (Å²) < 4.78 is 0. The van der Waals surface area contributed by atoms with Gasteiger partial charge < -0.3 is 0 Å². The van der Waals surface area contributed by atoms with E-state index in [4.69, 9.17) is 0 Å². The van der Waals surface area contributed by atoms with Crippen LogP contribution in [0.5, 0.6) is 0 Å². The van der Waals surface area contributed by atoms with Crippen LogP contribution in [-0.2, 0) is 0 Å². The first-order valence-corrected chi connectivity index (χ1v) is 7.17. The van der Waals surface area contributed by atoms with Crippen molar-refractivity contribution in [3.63, 3.8) is 0 Å². The topological polar surface area (TPSA) is 0 Å². The normalized spacial score (nSPS) is 11.6. The highest BCUT2D eigenvalue weighted by Gasteiger charge is 1.88. The predicted molar refractivity (Wildman–Crippen MR) is 87.0 cm³/mol. The van der Waals surface area contributed by atoms with E-state index in [1.807, 2.05) is 12.2 Å². The molecule has 0 atom stereocenters. The zero-order valence-corrected chi connectivity index (χ0v) is 13.0. The van der Waals surface area contributed by atoms with Crippen LogP contribution in [0.2, 0.25) is 0 Å². The summed E-state index contributed by atoms with van der Waals surface area (Å²) in [5.41, 5.74) is 2.97. The minimum absolute atomic E-state index is 1.04. The standard InChI is InChI=1S/2C9H16/c1-4-6-8-9(3)7-5-2;1-4-7-8-9(5-2)6-3/h5,8H,2,4,6-7H2,1,3H3;4-5H,1,6-8H2,2-3H3. The summed E-state index contributed by atoms with van der Waals surface area (Å²) in [7, 11) is 0. The minimum Gasteiger partial charge on any atom is -0.103 e. The molecule has 0 aromatic heterocycles. The van der Waals surface area contributed by atoms with Crippen molar-refractivity contribution in [3.05, 3.63) is 48.6 Å². The van der Waals surface area contributed by atoms with E-state index in [9.17, 15) is 0 Å². The van der Waals surface area contributed by atoms with Crippen LogP contribution in [0.1, 0.15) is 66.2 Å². The Morgan fingerprint density at radius 2 is 1.72 bits per heavy atom. The van der Waals surface area contributed by atoms with Crippen LogP contribution in [0.25, 0.3) is 0 Å². The van der Waals surface area contributed by atoms with Crippen LogP contribution < -0.4 is 0 Å². The van der Waals surface area contributed by atoms with Gasteiger partial charge in [-0.3, -0.25) is 0 Å². The van der Waals surface area contributed by atoms with E-state index in [0.29, 0.717) is 0 Å². The van der Waals surface area contributed by atoms with Crippen LogP contribution in [0, 0.1) is 0 Å². The molecule has 0 aromatic rings. The summed E-state index contributed by atoms with van der Waals surface area (Å²) in [6, 6.07) is 0. The van der Waals surface area contributed by atoms with Crippen LogP contribution in [0.3, 0.4) is 0 Å². The van der Waals surface area contributed by atoms with Gasteiger partial charge in [-0.1, -0.05) is 55.7 Å². The van der Waals surface area contributed by atoms with Gasteiger partial charge in [-0.05, 0) is 46.0 Å². The van der Waals surface area contributed by atoms with Gasteiger partial charge >= 0.3 is 0 Å². The fourth-order valence-corrected chi connectivity index (χ4v) is 1.51. The first-order chi connectivity index (χ1) is 8.65. The molecule has 0 heteroatoms. The number of rotatable bonds is 8. The summed E-state index contributed by atoms with van der Waals surface area (Å²) in [5.74, 6) is 0. The maximum atomic E-state index is 3.67. The molecule has 18 heavy (non-hydrogen) atoms. The summed E-state index contributed by atoms with van der Waals surface area (Å²) in [4.78, 5) is 0. The van der Waals surface area contributed by atoms with Crippen molar-refractivity contribution >= 4 is 0 Å². The molecule has 0 saturated carbocycles. The molecular formula is C18H32. The van der Waals surface area contributed by atoms with Gasteiger partial charge in [-0.2, -0.15) is 0 Å². The fourth-order valence-electron chi connectivity index (χ4n) is 1.51. The third kappa shape index (κ3) is 15.0. The first-order valence-electron chi connectivity index (χ1n) is 7.17. The second-order valence-corrected chi connectivity index (χ2v) is 4.46. The maximum absolute atomic E-state index is 3.67. The third-order valence-corrected chi connectivity index (χ3v) is 2.78. The van der Waals surface area contributed by atoms with E-state index >= 15 is 0 Å². The molecule has 0 amide bonds. The van der Waals surface area contributed by atoms with E-state index in [0.717, 1.165) is 12.8 Å². The van der Waals surface area contributed by atoms with Gasteiger partial charge in [0.05, 0.1) is 0 Å². The van der Waals surface area contributed by atoms with Gasteiger partial charge in [0.1, 0.15) is 0 Å². The van der Waals surface area contributed by atoms with E-state index in [1.54, 1.807) is 0 Å². The lowest BCUT2D eigenvalue weighted by atomic mass is 10.1. The molecule has 0 aromatic carbocycles. The zero-order chi connectivity index (χ0) is 14.2. The van der Waals surface area contributed by atoms with Crippen molar-refractivity contribution in [1.29, 1.82) is 0 Å². The molecule has 0 heterocycles. The SMILES string of the molecule is C=CCC(C)=CCCC.C=CCCC(=CC)CC. The largest absolute Gasteiger partial charge is 0.103 e. The fraction of sp³-hybridized carbons (Fsp3) is 0.556. The van der Waals surface area contributed by atoms with Crippen molar-refractivity contribution in [2.24, 2.45) is 0 Å². The smallest absolute Gasteiger partial charge is 0.0144 e. The molecule has 0 bridgehead atoms. The van der Waals surface area contributed by atoms with Crippen molar-refractivity contribution < 1.29 is 0 Å². The van der Waals surface area contributed by atoms with E-state index < -0.39 is 0 Å². The van der Waals surface area contributed by atoms with Crippen molar-refractivity contribution in [2.45, 2.75) is 66.2 Å². The van der Waals surface area contributed by atoms with E-state index in [1.165, 1.54) is 36.8 Å². The predicted octanol–water partition coefficient (Wildman–Crippen LogP) is 6.62. The van der Waals surface area contributed by atoms with Crippen molar-refractivity contribution in [1.82, 2.24) is 0 Å². The number of allylic oxidation sites excluding steroid dienone is 6. The highest BCUT2D eigenvalue weighted by Crippen LogP contribution is 2.08. The van der Waals surface area contributed by atoms with E-state index in [2.05, 4.69) is 53.0 Å². The second-order valence-electron chi connectivity index (χ2n) is 4.46. The summed E-state index contributed by atoms with van der Waals surface area (Å²) in [6.45, 7) is 16.0. The van der Waals surface area contributed by atoms with Gasteiger partial charge in [-0.25, -0.2) is 0 Å². The molecule has 0 radical (unpaired) electrons. The molecule has 0 spiro atoms. The molecule has 0 fully saturated rings. The molecule has 0 aliphatic carbocycles. The average molecular weight is 248 g/mol. The molecule has 0 rings (SSSR count).